The van der Waals surface area contributed by atoms with Crippen LogP contribution in [0, 0.1) is 0 Å². The first kappa shape index (κ1) is 19.6. The summed E-state index contributed by atoms with van der Waals surface area (Å²) in [5.74, 6) is -0.909. The molecule has 3 heterocycles. The zero-order valence-electron chi connectivity index (χ0n) is 15.6. The fraction of sp³-hybridized carbons (Fsp3) is 0.211. The summed E-state index contributed by atoms with van der Waals surface area (Å²) in [5, 5.41) is 9.35. The van der Waals surface area contributed by atoms with Crippen LogP contribution in [0.3, 0.4) is 0 Å². The number of fused-ring (bicyclic) bond motifs is 1. The van der Waals surface area contributed by atoms with E-state index in [-0.39, 0.29) is 28.7 Å². The quantitative estimate of drug-likeness (QED) is 0.684. The number of nitrogens with zero attached hydrogens (tertiary/aromatic N) is 4. The summed E-state index contributed by atoms with van der Waals surface area (Å²) < 4.78 is 42.5. The van der Waals surface area contributed by atoms with E-state index in [9.17, 15) is 22.8 Å². The maximum atomic E-state index is 13.6. The molecule has 0 bridgehead atoms. The average Bonchev–Trinajstić information content (AvgIpc) is 3.13. The number of benzene rings is 1. The normalized spacial score (nSPS) is 13.5. The lowest BCUT2D eigenvalue weighted by atomic mass is 10.0. The van der Waals surface area contributed by atoms with Crippen molar-refractivity contribution >= 4 is 17.5 Å². The van der Waals surface area contributed by atoms with Gasteiger partial charge in [-0.1, -0.05) is 0 Å². The molecule has 2 amide bonds. The van der Waals surface area contributed by atoms with Crippen molar-refractivity contribution < 1.29 is 22.8 Å². The number of alkyl halides is 3. The van der Waals surface area contributed by atoms with E-state index in [0.29, 0.717) is 24.5 Å². The van der Waals surface area contributed by atoms with Crippen molar-refractivity contribution in [3.63, 3.8) is 0 Å². The predicted molar refractivity (Wildman–Crippen MR) is 100 cm³/mol. The zero-order valence-corrected chi connectivity index (χ0v) is 15.6. The third kappa shape index (κ3) is 3.73. The van der Waals surface area contributed by atoms with Crippen LogP contribution in [0.25, 0.3) is 22.8 Å². The second-order valence-corrected chi connectivity index (χ2v) is 6.60. The average molecular weight is 416 g/mol. The lowest BCUT2D eigenvalue weighted by Crippen LogP contribution is -2.35. The minimum Gasteiger partial charge on any atom is -0.349 e. The maximum absolute atomic E-state index is 13.6. The molecule has 0 unspecified atom stereocenters. The molecule has 4 rings (SSSR count). The molecule has 1 aliphatic rings. The van der Waals surface area contributed by atoms with E-state index in [1.165, 1.54) is 42.1 Å². The van der Waals surface area contributed by atoms with E-state index in [2.05, 4.69) is 25.7 Å². The van der Waals surface area contributed by atoms with E-state index in [1.54, 1.807) is 0 Å². The van der Waals surface area contributed by atoms with Gasteiger partial charge in [0.2, 0.25) is 5.91 Å². The smallest absolute Gasteiger partial charge is 0.349 e. The van der Waals surface area contributed by atoms with Gasteiger partial charge >= 0.3 is 6.18 Å². The number of rotatable bonds is 3. The Balaban J connectivity index is 1.77. The lowest BCUT2D eigenvalue weighted by Gasteiger charge is -2.14. The molecule has 1 aliphatic heterocycles. The van der Waals surface area contributed by atoms with Gasteiger partial charge in [-0.05, 0) is 30.3 Å². The second-order valence-electron chi connectivity index (χ2n) is 6.60. The van der Waals surface area contributed by atoms with E-state index in [4.69, 9.17) is 0 Å². The summed E-state index contributed by atoms with van der Waals surface area (Å²) in [4.78, 5) is 31.3. The van der Waals surface area contributed by atoms with Crippen molar-refractivity contribution in [3.8, 4) is 22.8 Å². The molecule has 154 valence electrons. The molecule has 3 aromatic rings. The first-order chi connectivity index (χ1) is 14.2. The van der Waals surface area contributed by atoms with E-state index in [1.807, 2.05) is 0 Å². The zero-order chi connectivity index (χ0) is 21.5. The predicted octanol–water partition coefficient (Wildman–Crippen LogP) is 2.73. The van der Waals surface area contributed by atoms with E-state index >= 15 is 0 Å². The van der Waals surface area contributed by atoms with Crippen LogP contribution in [0.5, 0.6) is 0 Å². The van der Waals surface area contributed by atoms with Gasteiger partial charge in [0, 0.05) is 30.9 Å². The summed E-state index contributed by atoms with van der Waals surface area (Å²) in [6.45, 7) is 2.14. The lowest BCUT2D eigenvalue weighted by molar-refractivity contribution is -0.137. The summed E-state index contributed by atoms with van der Waals surface area (Å²) in [5.41, 5.74) is -0.202. The number of anilines is 1. The summed E-state index contributed by atoms with van der Waals surface area (Å²) in [7, 11) is 0. The van der Waals surface area contributed by atoms with Crippen LogP contribution in [0.4, 0.5) is 18.9 Å². The molecule has 30 heavy (non-hydrogen) atoms. The van der Waals surface area contributed by atoms with E-state index in [0.717, 1.165) is 6.07 Å². The fourth-order valence-corrected chi connectivity index (χ4v) is 3.15. The monoisotopic (exact) mass is 416 g/mol. The highest BCUT2D eigenvalue weighted by molar-refractivity contribution is 5.94. The summed E-state index contributed by atoms with van der Waals surface area (Å²) in [6, 6.07) is 6.44. The standard InChI is InChI=1S/C19H15F3N6O2/c1-10(29)25-11-2-3-12(13(8-11)19(20,21)22)17-23-5-4-14(26-17)15-9-16-18(30)24-6-7-28(16)27-15/h2-5,8-9H,6-7H2,1H3,(H,24,30)(H,25,29). The molecule has 0 fully saturated rings. The van der Waals surface area contributed by atoms with Gasteiger partial charge in [-0.3, -0.25) is 14.3 Å². The SMILES string of the molecule is CC(=O)Nc1ccc(-c2nccc(-c3cc4n(n3)CCNC4=O)n2)c(C(F)(F)F)c1. The molecule has 0 spiro atoms. The molecule has 0 saturated carbocycles. The molecule has 1 aromatic carbocycles. The third-order valence-electron chi connectivity index (χ3n) is 4.43. The molecular weight excluding hydrogens is 401 g/mol. The maximum Gasteiger partial charge on any atom is 0.417 e. The van der Waals surface area contributed by atoms with Gasteiger partial charge in [0.25, 0.3) is 5.91 Å². The second kappa shape index (κ2) is 7.25. The summed E-state index contributed by atoms with van der Waals surface area (Å²) >= 11 is 0. The summed E-state index contributed by atoms with van der Waals surface area (Å²) in [6.07, 6.45) is -3.35. The Morgan fingerprint density at radius 3 is 2.70 bits per heavy atom. The topological polar surface area (TPSA) is 102 Å². The molecule has 2 aromatic heterocycles. The Kier molecular flexibility index (Phi) is 4.72. The molecule has 0 aliphatic carbocycles. The number of carbonyl (C=O) groups is 2. The number of carbonyl (C=O) groups excluding carboxylic acids is 2. The Labute approximate surface area is 168 Å². The van der Waals surface area contributed by atoms with Crippen molar-refractivity contribution in [1.29, 1.82) is 0 Å². The van der Waals surface area contributed by atoms with Crippen LogP contribution in [0.1, 0.15) is 23.0 Å². The van der Waals surface area contributed by atoms with Gasteiger partial charge in [0.05, 0.1) is 17.8 Å². The Morgan fingerprint density at radius 2 is 2.00 bits per heavy atom. The minimum atomic E-state index is -4.69. The van der Waals surface area contributed by atoms with Crippen LogP contribution in [0.2, 0.25) is 0 Å². The van der Waals surface area contributed by atoms with E-state index < -0.39 is 17.6 Å². The van der Waals surface area contributed by atoms with Gasteiger partial charge in [0.15, 0.2) is 5.82 Å². The first-order valence-corrected chi connectivity index (χ1v) is 8.91. The van der Waals surface area contributed by atoms with Crippen molar-refractivity contribution in [2.45, 2.75) is 19.6 Å². The van der Waals surface area contributed by atoms with Crippen LogP contribution in [-0.4, -0.2) is 38.1 Å². The number of aromatic nitrogens is 4. The number of nitrogens with one attached hydrogen (secondary N) is 2. The molecule has 0 radical (unpaired) electrons. The molecule has 0 saturated heterocycles. The van der Waals surface area contributed by atoms with Crippen LogP contribution >= 0.6 is 0 Å². The van der Waals surface area contributed by atoms with Crippen molar-refractivity contribution in [1.82, 2.24) is 25.1 Å². The highest BCUT2D eigenvalue weighted by Crippen LogP contribution is 2.38. The van der Waals surface area contributed by atoms with Crippen molar-refractivity contribution in [2.75, 3.05) is 11.9 Å². The van der Waals surface area contributed by atoms with Gasteiger partial charge in [0.1, 0.15) is 11.4 Å². The van der Waals surface area contributed by atoms with Gasteiger partial charge in [-0.2, -0.15) is 18.3 Å². The molecule has 2 N–H and O–H groups in total. The minimum absolute atomic E-state index is 0.0162. The van der Waals surface area contributed by atoms with Gasteiger partial charge in [-0.25, -0.2) is 9.97 Å². The molecular formula is C19H15F3N6O2. The first-order valence-electron chi connectivity index (χ1n) is 8.91. The third-order valence-corrected chi connectivity index (χ3v) is 4.43. The molecule has 8 nitrogen and oxygen atoms in total. The number of halogens is 3. The van der Waals surface area contributed by atoms with Gasteiger partial charge in [-0.15, -0.1) is 0 Å². The number of amides is 2. The molecule has 11 heteroatoms. The highest BCUT2D eigenvalue weighted by atomic mass is 19.4. The highest BCUT2D eigenvalue weighted by Gasteiger charge is 2.35. The molecule has 0 atom stereocenters. The van der Waals surface area contributed by atoms with Crippen molar-refractivity contribution in [3.05, 3.63) is 47.8 Å². The fourth-order valence-electron chi connectivity index (χ4n) is 3.15. The largest absolute Gasteiger partial charge is 0.417 e. The Hall–Kier alpha value is -3.76. The number of hydrogen-bond donors (Lipinski definition) is 2. The van der Waals surface area contributed by atoms with Crippen LogP contribution in [0.15, 0.2) is 36.5 Å². The van der Waals surface area contributed by atoms with Crippen molar-refractivity contribution in [2.24, 2.45) is 0 Å². The Morgan fingerprint density at radius 1 is 1.20 bits per heavy atom. The number of hydrogen-bond acceptors (Lipinski definition) is 5. The Bertz CT molecular complexity index is 1160. The van der Waals surface area contributed by atoms with Crippen LogP contribution in [-0.2, 0) is 17.5 Å². The van der Waals surface area contributed by atoms with Crippen LogP contribution < -0.4 is 10.6 Å². The van der Waals surface area contributed by atoms with Gasteiger partial charge < -0.3 is 10.6 Å².